The van der Waals surface area contributed by atoms with E-state index >= 15 is 0 Å². The van der Waals surface area contributed by atoms with Gasteiger partial charge in [0, 0.05) is 20.1 Å². The van der Waals surface area contributed by atoms with E-state index in [2.05, 4.69) is 5.32 Å². The number of nitrogens with zero attached hydrogens (tertiary/aromatic N) is 2. The lowest BCUT2D eigenvalue weighted by atomic mass is 10.2. The van der Waals surface area contributed by atoms with Gasteiger partial charge in [0.1, 0.15) is 5.76 Å². The predicted octanol–water partition coefficient (Wildman–Crippen LogP) is 0.558. The molecule has 0 unspecified atom stereocenters. The highest BCUT2D eigenvalue weighted by molar-refractivity contribution is 7.86. The summed E-state index contributed by atoms with van der Waals surface area (Å²) >= 11 is 0. The van der Waals surface area contributed by atoms with Crippen molar-refractivity contribution in [1.82, 2.24) is 13.9 Å². The van der Waals surface area contributed by atoms with Crippen molar-refractivity contribution in [2.24, 2.45) is 0 Å². The van der Waals surface area contributed by atoms with Crippen LogP contribution >= 0.6 is 0 Å². The van der Waals surface area contributed by atoms with Crippen LogP contribution in [0.25, 0.3) is 0 Å². The molecule has 1 saturated heterocycles. The number of hydrogen-bond acceptors (Lipinski definition) is 4. The third kappa shape index (κ3) is 4.29. The van der Waals surface area contributed by atoms with Gasteiger partial charge in [-0.05, 0) is 25.0 Å². The van der Waals surface area contributed by atoms with E-state index in [1.807, 2.05) is 0 Å². The van der Waals surface area contributed by atoms with Gasteiger partial charge in [-0.1, -0.05) is 6.42 Å². The maximum atomic E-state index is 12.3. The first-order valence-corrected chi connectivity index (χ1v) is 8.40. The first-order chi connectivity index (χ1) is 10.00. The fourth-order valence-electron chi connectivity index (χ4n) is 2.23. The molecule has 0 atom stereocenters. The van der Waals surface area contributed by atoms with E-state index in [0.717, 1.165) is 23.6 Å². The molecule has 2 rings (SSSR count). The molecular weight excluding hydrogens is 294 g/mol. The summed E-state index contributed by atoms with van der Waals surface area (Å²) in [7, 11) is -2.12. The number of likely N-dealkylation sites (N-methyl/N-ethyl adjacent to an activating group) is 1. The lowest BCUT2D eigenvalue weighted by Crippen LogP contribution is -2.47. The highest BCUT2D eigenvalue weighted by Crippen LogP contribution is 2.15. The van der Waals surface area contributed by atoms with Crippen LogP contribution in [-0.2, 0) is 21.5 Å². The summed E-state index contributed by atoms with van der Waals surface area (Å²) in [6.45, 7) is 1.12. The van der Waals surface area contributed by atoms with Crippen molar-refractivity contribution in [3.8, 4) is 0 Å². The number of hydrogen-bond donors (Lipinski definition) is 1. The minimum Gasteiger partial charge on any atom is -0.467 e. The van der Waals surface area contributed by atoms with E-state index in [1.54, 1.807) is 12.1 Å². The lowest BCUT2D eigenvalue weighted by Gasteiger charge is -2.29. The van der Waals surface area contributed by atoms with E-state index in [0.29, 0.717) is 18.8 Å². The molecule has 1 fully saturated rings. The molecule has 0 bridgehead atoms. The molecule has 7 nitrogen and oxygen atoms in total. The van der Waals surface area contributed by atoms with Crippen LogP contribution in [0.2, 0.25) is 0 Å². The molecule has 0 aliphatic carbocycles. The Kier molecular flexibility index (Phi) is 5.38. The number of nitrogens with one attached hydrogen (secondary N) is 1. The summed E-state index contributed by atoms with van der Waals surface area (Å²) < 4.78 is 32.2. The second-order valence-electron chi connectivity index (χ2n) is 5.08. The average Bonchev–Trinajstić information content (AvgIpc) is 2.99. The highest BCUT2D eigenvalue weighted by atomic mass is 32.2. The van der Waals surface area contributed by atoms with Crippen molar-refractivity contribution >= 4 is 16.1 Å². The van der Waals surface area contributed by atoms with Gasteiger partial charge in [-0.15, -0.1) is 0 Å². The quantitative estimate of drug-likeness (QED) is 0.831. The Balaban J connectivity index is 1.84. The van der Waals surface area contributed by atoms with Crippen molar-refractivity contribution < 1.29 is 17.6 Å². The first kappa shape index (κ1) is 16.0. The highest BCUT2D eigenvalue weighted by Gasteiger charge is 2.29. The third-order valence-corrected chi connectivity index (χ3v) is 5.38. The maximum Gasteiger partial charge on any atom is 0.282 e. The van der Waals surface area contributed by atoms with Gasteiger partial charge >= 0.3 is 0 Å². The summed E-state index contributed by atoms with van der Waals surface area (Å²) in [6, 6.07) is 3.48. The molecule has 0 aromatic carbocycles. The van der Waals surface area contributed by atoms with E-state index in [9.17, 15) is 13.2 Å². The Morgan fingerprint density at radius 1 is 1.38 bits per heavy atom. The van der Waals surface area contributed by atoms with Crippen molar-refractivity contribution in [3.63, 3.8) is 0 Å². The summed E-state index contributed by atoms with van der Waals surface area (Å²) in [5.74, 6) is 0.277. The van der Waals surface area contributed by atoms with Gasteiger partial charge in [-0.2, -0.15) is 17.0 Å². The van der Waals surface area contributed by atoms with Gasteiger partial charge in [-0.3, -0.25) is 4.79 Å². The monoisotopic (exact) mass is 315 g/mol. The molecule has 0 saturated carbocycles. The molecule has 1 aliphatic heterocycles. The molecule has 0 radical (unpaired) electrons. The number of amides is 1. The Bertz CT molecular complexity index is 550. The van der Waals surface area contributed by atoms with Gasteiger partial charge < -0.3 is 9.73 Å². The van der Waals surface area contributed by atoms with Crippen molar-refractivity contribution in [1.29, 1.82) is 0 Å². The van der Waals surface area contributed by atoms with Crippen LogP contribution in [-0.4, -0.2) is 49.6 Å². The van der Waals surface area contributed by atoms with Crippen LogP contribution in [0.4, 0.5) is 0 Å². The molecule has 1 aromatic rings. The fraction of sp³-hybridized carbons (Fsp3) is 0.615. The average molecular weight is 315 g/mol. The van der Waals surface area contributed by atoms with E-state index in [1.165, 1.54) is 17.6 Å². The van der Waals surface area contributed by atoms with Gasteiger partial charge in [-0.25, -0.2) is 0 Å². The van der Waals surface area contributed by atoms with Gasteiger partial charge in [0.2, 0.25) is 5.91 Å². The summed E-state index contributed by atoms with van der Waals surface area (Å²) in [6.07, 6.45) is 4.32. The zero-order chi connectivity index (χ0) is 15.3. The second-order valence-corrected chi connectivity index (χ2v) is 7.12. The standard InChI is InChI=1S/C13H21N3O4S/c1-15(21(18,19)16-7-3-2-4-8-16)11-13(17)14-10-12-6-5-9-20-12/h5-6,9H,2-4,7-8,10-11H2,1H3,(H,14,17). The summed E-state index contributed by atoms with van der Waals surface area (Å²) in [4.78, 5) is 11.8. The van der Waals surface area contributed by atoms with Crippen LogP contribution < -0.4 is 5.32 Å². The normalized spacial score (nSPS) is 17.0. The zero-order valence-corrected chi connectivity index (χ0v) is 12.9. The zero-order valence-electron chi connectivity index (χ0n) is 12.1. The number of piperidine rings is 1. The Morgan fingerprint density at radius 2 is 2.10 bits per heavy atom. The van der Waals surface area contributed by atoms with Crippen molar-refractivity contribution in [2.45, 2.75) is 25.8 Å². The molecule has 1 aliphatic rings. The minimum atomic E-state index is -3.55. The van der Waals surface area contributed by atoms with E-state index in [4.69, 9.17) is 4.42 Å². The Morgan fingerprint density at radius 3 is 2.71 bits per heavy atom. The van der Waals surface area contributed by atoms with Crippen LogP contribution in [0.5, 0.6) is 0 Å². The molecule has 8 heteroatoms. The summed E-state index contributed by atoms with van der Waals surface area (Å²) in [5.41, 5.74) is 0. The number of rotatable bonds is 6. The summed E-state index contributed by atoms with van der Waals surface area (Å²) in [5, 5.41) is 2.63. The minimum absolute atomic E-state index is 0.195. The molecule has 1 aromatic heterocycles. The Hall–Kier alpha value is -1.38. The number of carbonyl (C=O) groups excluding carboxylic acids is 1. The third-order valence-electron chi connectivity index (χ3n) is 3.44. The van der Waals surface area contributed by atoms with E-state index < -0.39 is 10.2 Å². The van der Waals surface area contributed by atoms with E-state index in [-0.39, 0.29) is 19.0 Å². The van der Waals surface area contributed by atoms with Crippen LogP contribution in [0, 0.1) is 0 Å². The first-order valence-electron chi connectivity index (χ1n) is 7.00. The van der Waals surface area contributed by atoms with Gasteiger partial charge in [0.05, 0.1) is 19.4 Å². The maximum absolute atomic E-state index is 12.3. The molecule has 1 N–H and O–H groups in total. The topological polar surface area (TPSA) is 82.9 Å². The second kappa shape index (κ2) is 7.06. The predicted molar refractivity (Wildman–Crippen MR) is 77.5 cm³/mol. The van der Waals surface area contributed by atoms with Crippen LogP contribution in [0.1, 0.15) is 25.0 Å². The molecule has 21 heavy (non-hydrogen) atoms. The molecule has 118 valence electrons. The largest absolute Gasteiger partial charge is 0.467 e. The molecule has 0 spiro atoms. The SMILES string of the molecule is CN(CC(=O)NCc1ccco1)S(=O)(=O)N1CCCCC1. The van der Waals surface area contributed by atoms with Crippen molar-refractivity contribution in [3.05, 3.63) is 24.2 Å². The van der Waals surface area contributed by atoms with Gasteiger partial charge in [0.25, 0.3) is 10.2 Å². The fourth-order valence-corrected chi connectivity index (χ4v) is 3.63. The van der Waals surface area contributed by atoms with Crippen molar-refractivity contribution in [2.75, 3.05) is 26.7 Å². The number of carbonyl (C=O) groups is 1. The molecule has 1 amide bonds. The van der Waals surface area contributed by atoms with Crippen LogP contribution in [0.15, 0.2) is 22.8 Å². The Labute approximate surface area is 125 Å². The smallest absolute Gasteiger partial charge is 0.282 e. The molecule has 2 heterocycles. The van der Waals surface area contributed by atoms with Crippen LogP contribution in [0.3, 0.4) is 0 Å². The lowest BCUT2D eigenvalue weighted by molar-refractivity contribution is -0.121. The number of furan rings is 1. The molecular formula is C13H21N3O4S. The van der Waals surface area contributed by atoms with Gasteiger partial charge in [0.15, 0.2) is 0 Å².